The van der Waals surface area contributed by atoms with Crippen molar-refractivity contribution in [1.82, 2.24) is 9.80 Å². The molecule has 0 aliphatic carbocycles. The first-order chi connectivity index (χ1) is 9.08. The minimum absolute atomic E-state index is 0.0295. The van der Waals surface area contributed by atoms with Crippen LogP contribution in [0.2, 0.25) is 5.02 Å². The summed E-state index contributed by atoms with van der Waals surface area (Å²) in [5, 5.41) is 0.495. The van der Waals surface area contributed by atoms with Crippen LogP contribution in [0.25, 0.3) is 0 Å². The molecule has 1 heterocycles. The molecule has 5 heteroatoms. The first-order valence-corrected chi connectivity index (χ1v) is 6.71. The molecule has 2 rings (SSSR count). The average Bonchev–Trinajstić information content (AvgIpc) is 2.39. The molecule has 0 spiro atoms. The summed E-state index contributed by atoms with van der Waals surface area (Å²) in [5.41, 5.74) is 0.568. The molecule has 1 aliphatic heterocycles. The second-order valence-corrected chi connectivity index (χ2v) is 5.09. The zero-order valence-electron chi connectivity index (χ0n) is 10.9. The van der Waals surface area contributed by atoms with E-state index in [9.17, 15) is 9.59 Å². The number of rotatable bonds is 3. The number of hydrogen-bond donors (Lipinski definition) is 0. The Morgan fingerprint density at radius 1 is 1.16 bits per heavy atom. The summed E-state index contributed by atoms with van der Waals surface area (Å²) in [6, 6.07) is 7.09. The van der Waals surface area contributed by atoms with Crippen molar-refractivity contribution in [3.8, 4) is 0 Å². The molecule has 19 heavy (non-hydrogen) atoms. The van der Waals surface area contributed by atoms with Gasteiger partial charge in [-0.3, -0.25) is 14.5 Å². The summed E-state index contributed by atoms with van der Waals surface area (Å²) in [6.07, 6.45) is 0. The summed E-state index contributed by atoms with van der Waals surface area (Å²) < 4.78 is 0. The largest absolute Gasteiger partial charge is 0.340 e. The molecule has 0 bridgehead atoms. The standard InChI is InChI=1S/C14H17ClN2O2/c1-11(18)17-8-6-16(7-9-17)10-14(19)12-4-2-3-5-13(12)15/h2-5H,6-10H2,1H3. The zero-order valence-corrected chi connectivity index (χ0v) is 11.7. The Morgan fingerprint density at radius 3 is 2.37 bits per heavy atom. The van der Waals surface area contributed by atoms with Crippen molar-refractivity contribution in [1.29, 1.82) is 0 Å². The highest BCUT2D eigenvalue weighted by molar-refractivity contribution is 6.34. The van der Waals surface area contributed by atoms with Crippen LogP contribution in [0.1, 0.15) is 17.3 Å². The van der Waals surface area contributed by atoms with Crippen molar-refractivity contribution in [3.05, 3.63) is 34.9 Å². The fraction of sp³-hybridized carbons (Fsp3) is 0.429. The number of hydrogen-bond acceptors (Lipinski definition) is 3. The van der Waals surface area contributed by atoms with Crippen LogP contribution < -0.4 is 0 Å². The molecule has 0 N–H and O–H groups in total. The molecule has 0 unspecified atom stereocenters. The van der Waals surface area contributed by atoms with Gasteiger partial charge in [-0.05, 0) is 12.1 Å². The highest BCUT2D eigenvalue weighted by Crippen LogP contribution is 2.16. The Hall–Kier alpha value is -1.39. The van der Waals surface area contributed by atoms with Gasteiger partial charge in [0.25, 0.3) is 0 Å². The molecular weight excluding hydrogens is 264 g/mol. The third-order valence-corrected chi connectivity index (χ3v) is 3.69. The van der Waals surface area contributed by atoms with Gasteiger partial charge in [-0.2, -0.15) is 0 Å². The average molecular weight is 281 g/mol. The lowest BCUT2D eigenvalue weighted by molar-refractivity contribution is -0.130. The maximum Gasteiger partial charge on any atom is 0.219 e. The van der Waals surface area contributed by atoms with E-state index >= 15 is 0 Å². The minimum atomic E-state index is 0.0295. The maximum atomic E-state index is 12.1. The molecule has 1 amide bonds. The molecule has 102 valence electrons. The number of nitrogens with zero attached hydrogens (tertiary/aromatic N) is 2. The second-order valence-electron chi connectivity index (χ2n) is 4.69. The van der Waals surface area contributed by atoms with E-state index in [-0.39, 0.29) is 11.7 Å². The molecule has 1 aromatic carbocycles. The van der Waals surface area contributed by atoms with Gasteiger partial charge in [-0.25, -0.2) is 0 Å². The topological polar surface area (TPSA) is 40.6 Å². The van der Waals surface area contributed by atoms with Crippen molar-refractivity contribution < 1.29 is 9.59 Å². The lowest BCUT2D eigenvalue weighted by Crippen LogP contribution is -2.49. The van der Waals surface area contributed by atoms with Gasteiger partial charge in [0.05, 0.1) is 11.6 Å². The van der Waals surface area contributed by atoms with E-state index in [2.05, 4.69) is 4.90 Å². The Bertz CT molecular complexity index is 482. The summed E-state index contributed by atoms with van der Waals surface area (Å²) in [5.74, 6) is 0.124. The van der Waals surface area contributed by atoms with E-state index in [1.807, 2.05) is 12.1 Å². The van der Waals surface area contributed by atoms with Crippen molar-refractivity contribution >= 4 is 23.3 Å². The van der Waals surface area contributed by atoms with E-state index < -0.39 is 0 Å². The number of piperazine rings is 1. The van der Waals surface area contributed by atoms with Gasteiger partial charge in [-0.1, -0.05) is 23.7 Å². The second kappa shape index (κ2) is 6.17. The number of halogens is 1. The fourth-order valence-electron chi connectivity index (χ4n) is 2.20. The predicted molar refractivity (Wildman–Crippen MR) is 74.5 cm³/mol. The van der Waals surface area contributed by atoms with Crippen LogP contribution in [0, 0.1) is 0 Å². The molecule has 0 saturated carbocycles. The van der Waals surface area contributed by atoms with Crippen molar-refractivity contribution in [3.63, 3.8) is 0 Å². The van der Waals surface area contributed by atoms with Crippen LogP contribution >= 0.6 is 11.6 Å². The Morgan fingerprint density at radius 2 is 1.79 bits per heavy atom. The Kier molecular flexibility index (Phi) is 4.56. The van der Waals surface area contributed by atoms with Crippen LogP contribution in [-0.2, 0) is 4.79 Å². The number of carbonyl (C=O) groups excluding carboxylic acids is 2. The third-order valence-electron chi connectivity index (χ3n) is 3.36. The summed E-state index contributed by atoms with van der Waals surface area (Å²) in [6.45, 7) is 4.77. The lowest BCUT2D eigenvalue weighted by atomic mass is 10.1. The Balaban J connectivity index is 1.91. The van der Waals surface area contributed by atoms with Crippen molar-refractivity contribution in [2.45, 2.75) is 6.92 Å². The van der Waals surface area contributed by atoms with E-state index in [1.165, 1.54) is 0 Å². The van der Waals surface area contributed by atoms with Crippen LogP contribution in [-0.4, -0.2) is 54.2 Å². The molecule has 1 fully saturated rings. The minimum Gasteiger partial charge on any atom is -0.340 e. The van der Waals surface area contributed by atoms with E-state index in [4.69, 9.17) is 11.6 Å². The quantitative estimate of drug-likeness (QED) is 0.791. The summed E-state index contributed by atoms with van der Waals surface area (Å²) in [4.78, 5) is 27.2. The van der Waals surface area contributed by atoms with Gasteiger partial charge in [-0.15, -0.1) is 0 Å². The van der Waals surface area contributed by atoms with Crippen molar-refractivity contribution in [2.24, 2.45) is 0 Å². The van der Waals surface area contributed by atoms with Crippen LogP contribution in [0.4, 0.5) is 0 Å². The smallest absolute Gasteiger partial charge is 0.219 e. The van der Waals surface area contributed by atoms with E-state index in [1.54, 1.807) is 24.0 Å². The first-order valence-electron chi connectivity index (χ1n) is 6.33. The SMILES string of the molecule is CC(=O)N1CCN(CC(=O)c2ccccc2Cl)CC1. The fourth-order valence-corrected chi connectivity index (χ4v) is 2.44. The Labute approximate surface area is 117 Å². The normalized spacial score (nSPS) is 16.4. The molecule has 1 saturated heterocycles. The number of amides is 1. The van der Waals surface area contributed by atoms with Gasteiger partial charge < -0.3 is 4.90 Å². The zero-order chi connectivity index (χ0) is 13.8. The van der Waals surface area contributed by atoms with Gasteiger partial charge in [0.1, 0.15) is 0 Å². The first kappa shape index (κ1) is 14.0. The number of Topliss-reactive ketones (excluding diaryl/α,β-unsaturated/α-hetero) is 1. The van der Waals surface area contributed by atoms with Crippen LogP contribution in [0.15, 0.2) is 24.3 Å². The predicted octanol–water partition coefficient (Wildman–Crippen LogP) is 1.69. The summed E-state index contributed by atoms with van der Waals surface area (Å²) >= 11 is 6.01. The molecule has 1 aromatic rings. The summed E-state index contributed by atoms with van der Waals surface area (Å²) in [7, 11) is 0. The third kappa shape index (κ3) is 3.55. The van der Waals surface area contributed by atoms with E-state index in [0.717, 1.165) is 13.1 Å². The number of ketones is 1. The molecular formula is C14H17ClN2O2. The highest BCUT2D eigenvalue weighted by Gasteiger charge is 2.21. The monoisotopic (exact) mass is 280 g/mol. The molecule has 4 nitrogen and oxygen atoms in total. The maximum absolute atomic E-state index is 12.1. The van der Waals surface area contributed by atoms with Crippen molar-refractivity contribution in [2.75, 3.05) is 32.7 Å². The van der Waals surface area contributed by atoms with Gasteiger partial charge in [0.15, 0.2) is 5.78 Å². The van der Waals surface area contributed by atoms with Gasteiger partial charge in [0.2, 0.25) is 5.91 Å². The molecule has 1 aliphatic rings. The molecule has 0 radical (unpaired) electrons. The van der Waals surface area contributed by atoms with Crippen LogP contribution in [0.3, 0.4) is 0 Å². The van der Waals surface area contributed by atoms with E-state index in [0.29, 0.717) is 30.2 Å². The van der Waals surface area contributed by atoms with Crippen LogP contribution in [0.5, 0.6) is 0 Å². The van der Waals surface area contributed by atoms with Gasteiger partial charge >= 0.3 is 0 Å². The lowest BCUT2D eigenvalue weighted by Gasteiger charge is -2.33. The van der Waals surface area contributed by atoms with Gasteiger partial charge in [0, 0.05) is 38.7 Å². The molecule has 0 aromatic heterocycles. The molecule has 0 atom stereocenters. The highest BCUT2D eigenvalue weighted by atomic mass is 35.5. The number of benzene rings is 1. The number of carbonyl (C=O) groups is 2.